The molecule has 0 saturated heterocycles. The van der Waals surface area contributed by atoms with E-state index in [0.717, 1.165) is 16.2 Å². The highest BCUT2D eigenvalue weighted by molar-refractivity contribution is 9.10. The minimum atomic E-state index is -1.33. The minimum Gasteiger partial charge on any atom is -0.544 e. The van der Waals surface area contributed by atoms with Crippen LogP contribution in [0.4, 0.5) is 0 Å². The molecule has 0 amide bonds. The maximum Gasteiger partial charge on any atom is 0.281 e. The van der Waals surface area contributed by atoms with E-state index < -0.39 is 5.97 Å². The van der Waals surface area contributed by atoms with Crippen molar-refractivity contribution in [3.63, 3.8) is 0 Å². The lowest BCUT2D eigenvalue weighted by Crippen LogP contribution is -2.23. The number of carboxylic acids is 1. The lowest BCUT2D eigenvalue weighted by Gasteiger charge is -2.14. The van der Waals surface area contributed by atoms with Gasteiger partial charge in [-0.1, -0.05) is 22.9 Å². The Hall–Kier alpha value is -1.80. The number of carboxylic acid groups (broad SMARTS) is 1. The maximum absolute atomic E-state index is 11.5. The number of carbonyl (C=O) groups excluding carboxylic acids is 1. The maximum atomic E-state index is 11.5. The third kappa shape index (κ3) is 5.10. The molecule has 0 aliphatic carbocycles. The zero-order valence-corrected chi connectivity index (χ0v) is 15.8. The molecule has 8 heteroatoms. The van der Waals surface area contributed by atoms with Crippen molar-refractivity contribution in [1.82, 2.24) is 10.2 Å². The molecule has 1 aromatic heterocycles. The van der Waals surface area contributed by atoms with Crippen molar-refractivity contribution in [3.05, 3.63) is 39.0 Å². The van der Waals surface area contributed by atoms with Crippen LogP contribution in [0.1, 0.15) is 32.2 Å². The van der Waals surface area contributed by atoms with E-state index in [1.165, 1.54) is 6.08 Å². The zero-order valence-electron chi connectivity index (χ0n) is 13.4. The summed E-state index contributed by atoms with van der Waals surface area (Å²) in [6.07, 6.45) is 2.01. The topological polar surface area (TPSA) is 88.3 Å². The van der Waals surface area contributed by atoms with Gasteiger partial charge in [0.15, 0.2) is 0 Å². The normalized spacial score (nSPS) is 11.8. The second-order valence-corrected chi connectivity index (χ2v) is 6.97. The number of hydrogen-bond donors (Lipinski definition) is 0. The van der Waals surface area contributed by atoms with E-state index in [2.05, 4.69) is 26.1 Å². The number of nitrogens with zero attached hydrogens (tertiary/aromatic N) is 2. The molecular weight excluding hydrogens is 396 g/mol. The number of thioether (sulfide) groups is 1. The molecule has 0 aliphatic rings. The summed E-state index contributed by atoms with van der Waals surface area (Å²) >= 11 is 4.22. The molecular formula is C16H16BrN2O4S-. The summed E-state index contributed by atoms with van der Waals surface area (Å²) in [5.74, 6) is -0.305. The highest BCUT2D eigenvalue weighted by Crippen LogP contribution is 2.31. The van der Waals surface area contributed by atoms with Gasteiger partial charge in [0.05, 0.1) is 12.1 Å². The standard InChI is InChI=1S/C16H17BrN2O4S/c1-4-14-18-19-16(23-14)24-13(15(20)21)8-10-7-11(17)5-6-12(10)22-9(2)3/h5-9H,4H2,1-3H3,(H,20,21)/p-1/b13-8-. The van der Waals surface area contributed by atoms with Crippen LogP contribution in [0.3, 0.4) is 0 Å². The summed E-state index contributed by atoms with van der Waals surface area (Å²) in [6.45, 7) is 5.66. The van der Waals surface area contributed by atoms with Crippen LogP contribution in [0.25, 0.3) is 6.08 Å². The Bertz CT molecular complexity index is 758. The van der Waals surface area contributed by atoms with Crippen LogP contribution in [0.15, 0.2) is 37.2 Å². The smallest absolute Gasteiger partial charge is 0.281 e. The summed E-state index contributed by atoms with van der Waals surface area (Å²) in [4.78, 5) is 11.4. The van der Waals surface area contributed by atoms with Gasteiger partial charge in [0.25, 0.3) is 5.22 Å². The van der Waals surface area contributed by atoms with Crippen LogP contribution < -0.4 is 9.84 Å². The van der Waals surface area contributed by atoms with Crippen molar-refractivity contribution in [2.45, 2.75) is 38.5 Å². The predicted octanol–water partition coefficient (Wildman–Crippen LogP) is 3.06. The quantitative estimate of drug-likeness (QED) is 0.510. The SMILES string of the molecule is CCc1nnc(S/C(=C\c2cc(Br)ccc2OC(C)C)C(=O)[O-])o1. The Morgan fingerprint density at radius 3 is 2.79 bits per heavy atom. The number of benzene rings is 1. The Labute approximate surface area is 152 Å². The minimum absolute atomic E-state index is 0.0413. The number of aromatic nitrogens is 2. The molecule has 0 fully saturated rings. The fraction of sp³-hybridized carbons (Fsp3) is 0.312. The van der Waals surface area contributed by atoms with Crippen LogP contribution in [-0.4, -0.2) is 22.3 Å². The first-order valence-corrected chi connectivity index (χ1v) is 8.89. The summed E-state index contributed by atoms with van der Waals surface area (Å²) in [7, 11) is 0. The average Bonchev–Trinajstić information content (AvgIpc) is 2.96. The Kier molecular flexibility index (Phi) is 6.44. The molecule has 0 saturated carbocycles. The number of halogens is 1. The fourth-order valence-electron chi connectivity index (χ4n) is 1.78. The molecule has 0 bridgehead atoms. The third-order valence-corrected chi connectivity index (χ3v) is 4.11. The van der Waals surface area contributed by atoms with E-state index in [4.69, 9.17) is 9.15 Å². The molecule has 2 rings (SSSR count). The molecule has 1 heterocycles. The van der Waals surface area contributed by atoms with Crippen molar-refractivity contribution in [1.29, 1.82) is 0 Å². The van der Waals surface area contributed by atoms with E-state index in [9.17, 15) is 9.90 Å². The molecule has 0 unspecified atom stereocenters. The second-order valence-electron chi connectivity index (χ2n) is 5.06. The Morgan fingerprint density at radius 1 is 1.46 bits per heavy atom. The summed E-state index contributed by atoms with van der Waals surface area (Å²) in [6, 6.07) is 5.37. The van der Waals surface area contributed by atoms with Gasteiger partial charge in [0.1, 0.15) is 5.75 Å². The summed E-state index contributed by atoms with van der Waals surface area (Å²) in [5, 5.41) is 19.2. The summed E-state index contributed by atoms with van der Waals surface area (Å²) < 4.78 is 11.9. The lowest BCUT2D eigenvalue weighted by molar-refractivity contribution is -0.298. The molecule has 0 radical (unpaired) electrons. The third-order valence-electron chi connectivity index (χ3n) is 2.77. The van der Waals surface area contributed by atoms with Gasteiger partial charge in [0, 0.05) is 21.4 Å². The van der Waals surface area contributed by atoms with Crippen LogP contribution in [-0.2, 0) is 11.2 Å². The first-order valence-electron chi connectivity index (χ1n) is 7.28. The summed E-state index contributed by atoms with van der Waals surface area (Å²) in [5.41, 5.74) is 0.611. The largest absolute Gasteiger partial charge is 0.544 e. The van der Waals surface area contributed by atoms with E-state index in [1.54, 1.807) is 12.1 Å². The molecule has 0 atom stereocenters. The molecule has 128 valence electrons. The molecule has 0 N–H and O–H groups in total. The van der Waals surface area contributed by atoms with Crippen molar-refractivity contribution >= 4 is 39.7 Å². The highest BCUT2D eigenvalue weighted by Gasteiger charge is 2.12. The number of aliphatic carboxylic acids is 1. The van der Waals surface area contributed by atoms with Crippen LogP contribution in [0.5, 0.6) is 5.75 Å². The van der Waals surface area contributed by atoms with Crippen molar-refractivity contribution in [3.8, 4) is 5.75 Å². The van der Waals surface area contributed by atoms with Gasteiger partial charge < -0.3 is 19.1 Å². The number of ether oxygens (including phenoxy) is 1. The Morgan fingerprint density at radius 2 is 2.21 bits per heavy atom. The lowest BCUT2D eigenvalue weighted by atomic mass is 10.2. The number of rotatable bonds is 7. The second kappa shape index (κ2) is 8.34. The van der Waals surface area contributed by atoms with Gasteiger partial charge in [-0.3, -0.25) is 0 Å². The van der Waals surface area contributed by atoms with Crippen molar-refractivity contribution in [2.24, 2.45) is 0 Å². The first kappa shape index (κ1) is 18.5. The number of hydrogen-bond acceptors (Lipinski definition) is 7. The molecule has 6 nitrogen and oxygen atoms in total. The van der Waals surface area contributed by atoms with Gasteiger partial charge in [-0.2, -0.15) is 0 Å². The highest BCUT2D eigenvalue weighted by atomic mass is 79.9. The van der Waals surface area contributed by atoms with Crippen LogP contribution >= 0.6 is 27.7 Å². The first-order chi connectivity index (χ1) is 11.4. The van der Waals surface area contributed by atoms with Crippen LogP contribution in [0, 0.1) is 0 Å². The zero-order chi connectivity index (χ0) is 17.7. The molecule has 24 heavy (non-hydrogen) atoms. The van der Waals surface area contributed by atoms with E-state index >= 15 is 0 Å². The van der Waals surface area contributed by atoms with E-state index in [-0.39, 0.29) is 16.2 Å². The van der Waals surface area contributed by atoms with Gasteiger partial charge in [-0.25, -0.2) is 0 Å². The van der Waals surface area contributed by atoms with Crippen molar-refractivity contribution in [2.75, 3.05) is 0 Å². The van der Waals surface area contributed by atoms with Gasteiger partial charge in [-0.05, 0) is 49.9 Å². The monoisotopic (exact) mass is 411 g/mol. The predicted molar refractivity (Wildman–Crippen MR) is 92.4 cm³/mol. The fourth-order valence-corrected chi connectivity index (χ4v) is 2.84. The molecule has 1 aromatic carbocycles. The number of carbonyl (C=O) groups is 1. The Balaban J connectivity index is 2.36. The van der Waals surface area contributed by atoms with E-state index in [0.29, 0.717) is 23.6 Å². The molecule has 0 spiro atoms. The van der Waals surface area contributed by atoms with Crippen LogP contribution in [0.2, 0.25) is 0 Å². The molecule has 2 aromatic rings. The van der Waals surface area contributed by atoms with E-state index in [1.807, 2.05) is 26.8 Å². The van der Waals surface area contributed by atoms with Crippen molar-refractivity contribution < 1.29 is 19.1 Å². The van der Waals surface area contributed by atoms with Gasteiger partial charge in [0.2, 0.25) is 5.89 Å². The molecule has 0 aliphatic heterocycles. The van der Waals surface area contributed by atoms with Gasteiger partial charge >= 0.3 is 0 Å². The average molecular weight is 412 g/mol. The number of aryl methyl sites for hydroxylation is 1. The van der Waals surface area contributed by atoms with Gasteiger partial charge in [-0.15, -0.1) is 10.2 Å².